The molecule has 0 aromatic heterocycles. The van der Waals surface area contributed by atoms with Crippen LogP contribution in [0.15, 0.2) is 46.9 Å². The SMILES string of the molecule is CC(=O)c1ccc(N2CCN(CC(=O)NCC(=O)Nc3ccc(Br)cc3C)CC2)cc1. The van der Waals surface area contributed by atoms with Crippen LogP contribution in [0.25, 0.3) is 0 Å². The highest BCUT2D eigenvalue weighted by atomic mass is 79.9. The third-order valence-corrected chi connectivity index (χ3v) is 5.78. The van der Waals surface area contributed by atoms with Crippen molar-refractivity contribution in [2.45, 2.75) is 13.8 Å². The van der Waals surface area contributed by atoms with Crippen LogP contribution in [0.3, 0.4) is 0 Å². The molecule has 1 heterocycles. The largest absolute Gasteiger partial charge is 0.369 e. The molecular formula is C23H27BrN4O3. The third kappa shape index (κ3) is 6.63. The Morgan fingerprint density at radius 3 is 2.26 bits per heavy atom. The number of hydrogen-bond acceptors (Lipinski definition) is 5. The number of aryl methyl sites for hydroxylation is 1. The van der Waals surface area contributed by atoms with Crippen molar-refractivity contribution in [2.24, 2.45) is 0 Å². The molecule has 1 saturated heterocycles. The first-order valence-corrected chi connectivity index (χ1v) is 11.0. The fourth-order valence-corrected chi connectivity index (χ4v) is 3.95. The molecule has 0 atom stereocenters. The van der Waals surface area contributed by atoms with Crippen molar-refractivity contribution in [3.63, 3.8) is 0 Å². The number of hydrogen-bond donors (Lipinski definition) is 2. The maximum absolute atomic E-state index is 12.2. The van der Waals surface area contributed by atoms with Gasteiger partial charge in [0.1, 0.15) is 0 Å². The van der Waals surface area contributed by atoms with E-state index in [4.69, 9.17) is 0 Å². The van der Waals surface area contributed by atoms with Crippen LogP contribution in [0.2, 0.25) is 0 Å². The average molecular weight is 487 g/mol. The summed E-state index contributed by atoms with van der Waals surface area (Å²) in [6.45, 7) is 6.80. The predicted molar refractivity (Wildman–Crippen MR) is 126 cm³/mol. The molecule has 0 aliphatic carbocycles. The van der Waals surface area contributed by atoms with Crippen LogP contribution >= 0.6 is 15.9 Å². The Bertz CT molecular complexity index is 954. The van der Waals surface area contributed by atoms with Gasteiger partial charge in [0.2, 0.25) is 11.8 Å². The summed E-state index contributed by atoms with van der Waals surface area (Å²) in [5.74, 6) is -0.359. The molecule has 3 rings (SSSR count). The molecule has 2 aromatic rings. The summed E-state index contributed by atoms with van der Waals surface area (Å²) < 4.78 is 0.949. The second kappa shape index (κ2) is 10.5. The summed E-state index contributed by atoms with van der Waals surface area (Å²) in [4.78, 5) is 40.1. The van der Waals surface area contributed by atoms with Gasteiger partial charge in [-0.25, -0.2) is 0 Å². The maximum Gasteiger partial charge on any atom is 0.243 e. The summed E-state index contributed by atoms with van der Waals surface area (Å²) in [5.41, 5.74) is 3.46. The lowest BCUT2D eigenvalue weighted by atomic mass is 10.1. The van der Waals surface area contributed by atoms with Crippen LogP contribution in [-0.2, 0) is 9.59 Å². The highest BCUT2D eigenvalue weighted by Crippen LogP contribution is 2.20. The van der Waals surface area contributed by atoms with Gasteiger partial charge in [0.05, 0.1) is 13.1 Å². The minimum atomic E-state index is -0.252. The fraction of sp³-hybridized carbons (Fsp3) is 0.348. The number of benzene rings is 2. The molecule has 0 spiro atoms. The molecule has 2 amide bonds. The summed E-state index contributed by atoms with van der Waals surface area (Å²) in [5, 5.41) is 5.51. The smallest absolute Gasteiger partial charge is 0.243 e. The summed E-state index contributed by atoms with van der Waals surface area (Å²) in [6.07, 6.45) is 0. The van der Waals surface area contributed by atoms with Gasteiger partial charge in [-0.1, -0.05) is 15.9 Å². The first-order valence-electron chi connectivity index (χ1n) is 10.2. The molecule has 1 fully saturated rings. The van der Waals surface area contributed by atoms with Gasteiger partial charge in [0, 0.05) is 47.6 Å². The van der Waals surface area contributed by atoms with Gasteiger partial charge in [0.15, 0.2) is 5.78 Å². The van der Waals surface area contributed by atoms with E-state index in [1.54, 1.807) is 6.92 Å². The number of ketones is 1. The van der Waals surface area contributed by atoms with Gasteiger partial charge in [0.25, 0.3) is 0 Å². The van der Waals surface area contributed by atoms with E-state index < -0.39 is 0 Å². The molecular weight excluding hydrogens is 460 g/mol. The van der Waals surface area contributed by atoms with Crippen molar-refractivity contribution >= 4 is 44.9 Å². The Labute approximate surface area is 190 Å². The van der Waals surface area contributed by atoms with Crippen LogP contribution in [-0.4, -0.2) is 61.8 Å². The zero-order chi connectivity index (χ0) is 22.4. The molecule has 1 aliphatic heterocycles. The van der Waals surface area contributed by atoms with E-state index in [2.05, 4.69) is 36.4 Å². The van der Waals surface area contributed by atoms with Crippen molar-refractivity contribution in [1.29, 1.82) is 0 Å². The van der Waals surface area contributed by atoms with Gasteiger partial charge in [-0.2, -0.15) is 0 Å². The number of halogens is 1. The zero-order valence-corrected chi connectivity index (χ0v) is 19.4. The quantitative estimate of drug-likeness (QED) is 0.588. The molecule has 31 heavy (non-hydrogen) atoms. The molecule has 2 N–H and O–H groups in total. The molecule has 7 nitrogen and oxygen atoms in total. The molecule has 164 valence electrons. The number of anilines is 2. The number of rotatable bonds is 7. The van der Waals surface area contributed by atoms with Gasteiger partial charge in [-0.05, 0) is 61.9 Å². The average Bonchev–Trinajstić information content (AvgIpc) is 2.75. The summed E-state index contributed by atoms with van der Waals surface area (Å²) in [7, 11) is 0. The van der Waals surface area contributed by atoms with Gasteiger partial charge in [-0.3, -0.25) is 19.3 Å². The van der Waals surface area contributed by atoms with Gasteiger partial charge < -0.3 is 15.5 Å². The maximum atomic E-state index is 12.2. The van der Waals surface area contributed by atoms with Crippen molar-refractivity contribution in [3.8, 4) is 0 Å². The first-order chi connectivity index (χ1) is 14.8. The Balaban J connectivity index is 1.39. The second-order valence-corrected chi connectivity index (χ2v) is 8.57. The number of amides is 2. The standard InChI is InChI=1S/C23H27BrN4O3/c1-16-13-19(24)5-8-21(16)26-22(30)14-25-23(31)15-27-9-11-28(12-10-27)20-6-3-18(4-7-20)17(2)29/h3-8,13H,9-12,14-15H2,1-2H3,(H,25,31)(H,26,30). The third-order valence-electron chi connectivity index (χ3n) is 5.29. The van der Waals surface area contributed by atoms with Crippen LogP contribution in [0.5, 0.6) is 0 Å². The van der Waals surface area contributed by atoms with Crippen LogP contribution < -0.4 is 15.5 Å². The van der Waals surface area contributed by atoms with Crippen LogP contribution in [0.1, 0.15) is 22.8 Å². The first kappa shape index (κ1) is 23.0. The second-order valence-electron chi connectivity index (χ2n) is 7.65. The van der Waals surface area contributed by atoms with E-state index in [-0.39, 0.29) is 30.7 Å². The highest BCUT2D eigenvalue weighted by Gasteiger charge is 2.19. The van der Waals surface area contributed by atoms with Gasteiger partial charge >= 0.3 is 0 Å². The molecule has 0 bridgehead atoms. The minimum absolute atomic E-state index is 0.0584. The van der Waals surface area contributed by atoms with E-state index in [0.29, 0.717) is 5.56 Å². The zero-order valence-electron chi connectivity index (χ0n) is 17.8. The van der Waals surface area contributed by atoms with E-state index in [1.165, 1.54) is 0 Å². The predicted octanol–water partition coefficient (Wildman–Crippen LogP) is 2.84. The molecule has 0 radical (unpaired) electrons. The Morgan fingerprint density at radius 1 is 0.968 bits per heavy atom. The molecule has 2 aromatic carbocycles. The number of piperazine rings is 1. The van der Waals surface area contributed by atoms with E-state index in [0.717, 1.165) is 47.6 Å². The highest BCUT2D eigenvalue weighted by molar-refractivity contribution is 9.10. The lowest BCUT2D eigenvalue weighted by molar-refractivity contribution is -0.125. The number of nitrogens with zero attached hydrogens (tertiary/aromatic N) is 2. The molecule has 0 saturated carbocycles. The topological polar surface area (TPSA) is 81.8 Å². The number of carbonyl (C=O) groups is 3. The lowest BCUT2D eigenvalue weighted by Gasteiger charge is -2.35. The monoisotopic (exact) mass is 486 g/mol. The van der Waals surface area contributed by atoms with Gasteiger partial charge in [-0.15, -0.1) is 0 Å². The fourth-order valence-electron chi connectivity index (χ4n) is 3.47. The minimum Gasteiger partial charge on any atom is -0.369 e. The van der Waals surface area contributed by atoms with Crippen molar-refractivity contribution in [3.05, 3.63) is 58.1 Å². The normalized spacial score (nSPS) is 14.2. The molecule has 1 aliphatic rings. The Morgan fingerprint density at radius 2 is 1.65 bits per heavy atom. The van der Waals surface area contributed by atoms with E-state index in [1.807, 2.05) is 49.4 Å². The number of Topliss-reactive ketones (excluding diaryl/α,β-unsaturated/α-hetero) is 1. The number of carbonyl (C=O) groups excluding carboxylic acids is 3. The van der Waals surface area contributed by atoms with E-state index in [9.17, 15) is 14.4 Å². The lowest BCUT2D eigenvalue weighted by Crippen LogP contribution is -2.50. The van der Waals surface area contributed by atoms with Crippen LogP contribution in [0.4, 0.5) is 11.4 Å². The van der Waals surface area contributed by atoms with E-state index >= 15 is 0 Å². The summed E-state index contributed by atoms with van der Waals surface area (Å²) in [6, 6.07) is 13.2. The molecule has 8 heteroatoms. The Hall–Kier alpha value is -2.71. The molecule has 0 unspecified atom stereocenters. The van der Waals surface area contributed by atoms with Crippen molar-refractivity contribution < 1.29 is 14.4 Å². The Kier molecular flexibility index (Phi) is 7.81. The van der Waals surface area contributed by atoms with Crippen molar-refractivity contribution in [1.82, 2.24) is 10.2 Å². The van der Waals surface area contributed by atoms with Crippen LogP contribution in [0, 0.1) is 6.92 Å². The van der Waals surface area contributed by atoms with Crippen molar-refractivity contribution in [2.75, 3.05) is 49.5 Å². The number of nitrogens with one attached hydrogen (secondary N) is 2. The summed E-state index contributed by atoms with van der Waals surface area (Å²) >= 11 is 3.39.